The summed E-state index contributed by atoms with van der Waals surface area (Å²) >= 11 is 0. The fourth-order valence-electron chi connectivity index (χ4n) is 2.27. The number of phosphoric ester groups is 4. The molecule has 4 atom stereocenters. The first-order chi connectivity index (χ1) is 12.2. The zero-order chi connectivity index (χ0) is 22.3. The monoisotopic (exact) mass is 500 g/mol. The van der Waals surface area contributed by atoms with Crippen molar-refractivity contribution in [1.29, 1.82) is 0 Å². The van der Waals surface area contributed by atoms with Gasteiger partial charge in [0.05, 0.1) is 0 Å². The highest BCUT2D eigenvalue weighted by Crippen LogP contribution is 2.51. The molecule has 1 aliphatic rings. The van der Waals surface area contributed by atoms with E-state index in [9.17, 15) is 28.5 Å². The van der Waals surface area contributed by atoms with Crippen LogP contribution in [0.3, 0.4) is 0 Å². The molecule has 0 amide bonds. The molecule has 18 nitrogen and oxygen atoms in total. The van der Waals surface area contributed by atoms with Crippen molar-refractivity contribution in [3.05, 3.63) is 0 Å². The van der Waals surface area contributed by atoms with Crippen LogP contribution >= 0.6 is 31.3 Å². The van der Waals surface area contributed by atoms with Gasteiger partial charge < -0.3 is 39.6 Å². The first-order valence-corrected chi connectivity index (χ1v) is 12.6. The molecule has 0 aromatic carbocycles. The summed E-state index contributed by atoms with van der Waals surface area (Å²) in [6, 6.07) is 0. The molecule has 0 bridgehead atoms. The van der Waals surface area contributed by atoms with Gasteiger partial charge in [0.25, 0.3) is 4.57 Å². The van der Waals surface area contributed by atoms with Crippen molar-refractivity contribution in [2.75, 3.05) is 0 Å². The molecule has 28 heavy (non-hydrogen) atoms. The van der Waals surface area contributed by atoms with Crippen LogP contribution in [0.5, 0.6) is 0 Å². The van der Waals surface area contributed by atoms with Crippen LogP contribution in [0, 0.1) is 0 Å². The molecule has 1 radical (unpaired) electrons. The average Bonchev–Trinajstić information content (AvgIpc) is 2.39. The van der Waals surface area contributed by atoms with Crippen molar-refractivity contribution in [3.63, 3.8) is 0 Å². The maximum atomic E-state index is 11.0. The number of rotatable bonds is 8. The Morgan fingerprint density at radius 3 is 0.929 bits per heavy atom. The van der Waals surface area contributed by atoms with E-state index >= 15 is 0 Å². The van der Waals surface area contributed by atoms with Crippen molar-refractivity contribution >= 4 is 31.3 Å². The van der Waals surface area contributed by atoms with Crippen molar-refractivity contribution in [1.82, 2.24) is 0 Å². The van der Waals surface area contributed by atoms with Crippen LogP contribution in [0.4, 0.5) is 0 Å². The van der Waals surface area contributed by atoms with Gasteiger partial charge in [0.15, 0.2) is 0 Å². The normalized spacial score (nSPS) is 33.1. The number of phosphoric acid groups is 4. The standard InChI is InChI=1S/C6H16O18P4/c7-1-3(21-25(9,10)11)5(23-27(15,16)17)2(8)6(24-28(18,19)20)4(1)22-26(12,13)14/h1-10H,(H2,12,13,14)(H2,15,16,17)(H2,18,19,20)/q+1. The van der Waals surface area contributed by atoms with Crippen molar-refractivity contribution in [2.24, 2.45) is 0 Å². The fourth-order valence-corrected chi connectivity index (χ4v) is 4.52. The molecule has 167 valence electrons. The van der Waals surface area contributed by atoms with Crippen LogP contribution in [0.1, 0.15) is 0 Å². The summed E-state index contributed by atoms with van der Waals surface area (Å²) in [5.74, 6) is 0. The second-order valence-electron chi connectivity index (χ2n) is 5.22. The van der Waals surface area contributed by atoms with E-state index in [1.807, 2.05) is 0 Å². The lowest BCUT2D eigenvalue weighted by Crippen LogP contribution is -2.65. The third-order valence-electron chi connectivity index (χ3n) is 3.03. The Kier molecular flexibility index (Phi) is 8.34. The number of aliphatic hydroxyl groups is 2. The van der Waals surface area contributed by atoms with Crippen molar-refractivity contribution in [3.8, 4) is 0 Å². The highest BCUT2D eigenvalue weighted by Gasteiger charge is 2.60. The van der Waals surface area contributed by atoms with Crippen LogP contribution in [-0.4, -0.2) is 86.0 Å². The maximum absolute atomic E-state index is 11.0. The lowest BCUT2D eigenvalue weighted by atomic mass is 9.85. The molecular weight excluding hydrogens is 484 g/mol. The average molecular weight is 500 g/mol. The topological polar surface area (TPSA) is 310 Å². The minimum atomic E-state index is -5.59. The first-order valence-electron chi connectivity index (χ1n) is 6.52. The molecule has 0 aromatic heterocycles. The van der Waals surface area contributed by atoms with E-state index in [1.54, 1.807) is 0 Å². The SMILES string of the molecule is O=P(O)(O)OC1C(O)C(OP(=O)(O)O)C(OP(=[O+])(O)O)C(O)C1OP(=O)(O)O. The number of hydrogen-bond donors (Lipinski definition) is 10. The van der Waals surface area contributed by atoms with Gasteiger partial charge in [0.2, 0.25) is 0 Å². The Morgan fingerprint density at radius 1 is 0.536 bits per heavy atom. The van der Waals surface area contributed by atoms with E-state index in [0.717, 1.165) is 0 Å². The van der Waals surface area contributed by atoms with E-state index in [2.05, 4.69) is 18.1 Å². The second kappa shape index (κ2) is 8.85. The van der Waals surface area contributed by atoms with Gasteiger partial charge in [-0.15, -0.1) is 0 Å². The molecule has 22 heteroatoms. The van der Waals surface area contributed by atoms with E-state index < -0.39 is 67.9 Å². The van der Waals surface area contributed by atoms with E-state index in [-0.39, 0.29) is 0 Å². The Balaban J connectivity index is 3.47. The van der Waals surface area contributed by atoms with Gasteiger partial charge in [-0.2, -0.15) is 0 Å². The molecule has 4 unspecified atom stereocenters. The quantitative estimate of drug-likeness (QED) is 0.115. The zero-order valence-electron chi connectivity index (χ0n) is 13.0. The van der Waals surface area contributed by atoms with Gasteiger partial charge in [-0.1, -0.05) is 0 Å². The summed E-state index contributed by atoms with van der Waals surface area (Å²) in [5.41, 5.74) is 0. The summed E-state index contributed by atoms with van der Waals surface area (Å²) < 4.78 is 60.4. The third-order valence-corrected chi connectivity index (χ3v) is 5.10. The van der Waals surface area contributed by atoms with Crippen LogP contribution in [-0.2, 0) is 36.4 Å². The molecule has 1 rings (SSSR count). The largest absolute Gasteiger partial charge is 0.801 e. The lowest BCUT2D eigenvalue weighted by Gasteiger charge is -2.45. The fraction of sp³-hybridized carbons (Fsp3) is 1.00. The van der Waals surface area contributed by atoms with Crippen LogP contribution in [0.25, 0.3) is 0 Å². The summed E-state index contributed by atoms with van der Waals surface area (Å²) in [6.07, 6.45) is -15.9. The van der Waals surface area contributed by atoms with Gasteiger partial charge in [-0.25, -0.2) is 18.2 Å². The predicted molar refractivity (Wildman–Crippen MR) is 79.7 cm³/mol. The smallest absolute Gasteiger partial charge is 0.387 e. The molecule has 1 saturated carbocycles. The molecule has 0 aromatic rings. The second-order valence-corrected chi connectivity index (χ2v) is 9.99. The van der Waals surface area contributed by atoms with Gasteiger partial charge in [-0.05, 0) is 0 Å². The lowest BCUT2D eigenvalue weighted by molar-refractivity contribution is -0.208. The summed E-state index contributed by atoms with van der Waals surface area (Å²) in [5, 5.41) is 20.2. The molecule has 0 saturated heterocycles. The predicted octanol–water partition coefficient (Wildman–Crippen LogP) is -3.37. The van der Waals surface area contributed by atoms with Crippen LogP contribution in [0.15, 0.2) is 0 Å². The third kappa shape index (κ3) is 8.62. The molecule has 1 fully saturated rings. The first kappa shape index (κ1) is 26.4. The number of hydrogen-bond acceptors (Lipinski definition) is 10. The van der Waals surface area contributed by atoms with Gasteiger partial charge in [0.1, 0.15) is 36.6 Å². The maximum Gasteiger partial charge on any atom is 0.801 e. The van der Waals surface area contributed by atoms with Gasteiger partial charge in [0, 0.05) is 0 Å². The minimum Gasteiger partial charge on any atom is -0.387 e. The van der Waals surface area contributed by atoms with E-state index in [1.165, 1.54) is 0 Å². The van der Waals surface area contributed by atoms with Crippen molar-refractivity contribution in [2.45, 2.75) is 36.6 Å². The number of aliphatic hydroxyl groups excluding tert-OH is 2. The minimum absolute atomic E-state index is 2.61. The Bertz CT molecular complexity index is 604. The highest BCUT2D eigenvalue weighted by molar-refractivity contribution is 7.47. The Hall–Kier alpha value is 0.360. The summed E-state index contributed by atoms with van der Waals surface area (Å²) in [7, 11) is -22.3. The molecular formula is C6H16O18P4+. The summed E-state index contributed by atoms with van der Waals surface area (Å²) in [6.45, 7) is 0. The van der Waals surface area contributed by atoms with Gasteiger partial charge in [-0.3, -0.25) is 23.4 Å². The van der Waals surface area contributed by atoms with E-state index in [0.29, 0.717) is 0 Å². The highest BCUT2D eigenvalue weighted by atomic mass is 31.2. The van der Waals surface area contributed by atoms with E-state index in [4.69, 9.17) is 39.1 Å². The summed E-state index contributed by atoms with van der Waals surface area (Å²) in [4.78, 5) is 70.9. The molecule has 10 N–H and O–H groups in total. The van der Waals surface area contributed by atoms with Crippen LogP contribution < -0.4 is 0 Å². The molecule has 0 spiro atoms. The zero-order valence-corrected chi connectivity index (χ0v) is 16.6. The van der Waals surface area contributed by atoms with Gasteiger partial charge >= 0.3 is 31.3 Å². The molecule has 0 heterocycles. The molecule has 0 aliphatic heterocycles. The Labute approximate surface area is 154 Å². The molecule has 1 aliphatic carbocycles. The van der Waals surface area contributed by atoms with Crippen LogP contribution in [0.2, 0.25) is 0 Å². The van der Waals surface area contributed by atoms with Crippen molar-refractivity contribution < 1.29 is 85.7 Å². The Morgan fingerprint density at radius 2 is 0.750 bits per heavy atom.